The Balaban J connectivity index is 1.72. The molecule has 0 saturated heterocycles. The molecule has 0 bridgehead atoms. The first-order valence-corrected chi connectivity index (χ1v) is 10.6. The molecule has 2 rings (SSSR count). The zero-order chi connectivity index (χ0) is 23.2. The summed E-state index contributed by atoms with van der Waals surface area (Å²) < 4.78 is 21.0. The van der Waals surface area contributed by atoms with Crippen molar-refractivity contribution in [3.05, 3.63) is 66.7 Å². The van der Waals surface area contributed by atoms with Crippen LogP contribution in [0.1, 0.15) is 49.4 Å². The fraction of sp³-hybridized carbons (Fsp3) is 0.320. The van der Waals surface area contributed by atoms with E-state index in [9.17, 15) is 14.4 Å². The van der Waals surface area contributed by atoms with Gasteiger partial charge in [0.05, 0.1) is 18.8 Å². The van der Waals surface area contributed by atoms with Crippen molar-refractivity contribution in [3.8, 4) is 17.2 Å². The van der Waals surface area contributed by atoms with Crippen LogP contribution in [0.15, 0.2) is 61.2 Å². The molecule has 0 fully saturated rings. The van der Waals surface area contributed by atoms with Crippen LogP contribution in [0.4, 0.5) is 0 Å². The predicted octanol–water partition coefficient (Wildman–Crippen LogP) is 4.89. The van der Waals surface area contributed by atoms with E-state index in [0.717, 1.165) is 18.9 Å². The molecule has 2 aromatic rings. The first-order chi connectivity index (χ1) is 15.5. The maximum atomic E-state index is 12.3. The fourth-order valence-corrected chi connectivity index (χ4v) is 2.61. The normalized spacial score (nSPS) is 10.2. The molecule has 0 aromatic heterocycles. The average Bonchev–Trinajstić information content (AvgIpc) is 2.81. The van der Waals surface area contributed by atoms with Gasteiger partial charge in [0, 0.05) is 12.5 Å². The second kappa shape index (κ2) is 13.6. The average molecular weight is 440 g/mol. The summed E-state index contributed by atoms with van der Waals surface area (Å²) in [5.74, 6) is 0.111. The summed E-state index contributed by atoms with van der Waals surface area (Å²) in [5.41, 5.74) is 0.406. The van der Waals surface area contributed by atoms with E-state index in [1.165, 1.54) is 0 Å². The van der Waals surface area contributed by atoms with Gasteiger partial charge in [0.25, 0.3) is 0 Å². The van der Waals surface area contributed by atoms with Gasteiger partial charge in [-0.05, 0) is 74.2 Å². The maximum Gasteiger partial charge on any atom is 0.343 e. The topological polar surface area (TPSA) is 88.1 Å². The molecule has 170 valence electrons. The lowest BCUT2D eigenvalue weighted by Crippen LogP contribution is -2.09. The molecule has 0 spiro atoms. The van der Waals surface area contributed by atoms with Gasteiger partial charge in [-0.2, -0.15) is 0 Å². The van der Waals surface area contributed by atoms with Crippen LogP contribution in [0.2, 0.25) is 0 Å². The van der Waals surface area contributed by atoms with Gasteiger partial charge in [-0.15, -0.1) is 0 Å². The summed E-state index contributed by atoms with van der Waals surface area (Å²) in [6.45, 7) is 6.26. The second-order valence-corrected chi connectivity index (χ2v) is 6.89. The standard InChI is InChI=1S/C25H28O7/c1-3-17-29-20-11-9-19(10-12-20)25(28)32-22-15-13-21(14-16-22)31-24(27)8-6-5-7-18-30-23(26)4-2/h4,9-16H,2-3,5-8,17-18H2,1H3. The molecule has 0 heterocycles. The van der Waals surface area contributed by atoms with Crippen molar-refractivity contribution >= 4 is 17.9 Å². The van der Waals surface area contributed by atoms with Gasteiger partial charge in [-0.3, -0.25) is 4.79 Å². The predicted molar refractivity (Wildman–Crippen MR) is 119 cm³/mol. The third-order valence-corrected chi connectivity index (χ3v) is 4.27. The Kier molecular flexibility index (Phi) is 10.5. The van der Waals surface area contributed by atoms with Crippen molar-refractivity contribution in [2.45, 2.75) is 39.0 Å². The van der Waals surface area contributed by atoms with Crippen LogP contribution in [0.5, 0.6) is 17.2 Å². The Labute approximate surface area is 187 Å². The highest BCUT2D eigenvalue weighted by atomic mass is 16.5. The zero-order valence-electron chi connectivity index (χ0n) is 18.2. The minimum absolute atomic E-state index is 0.254. The minimum Gasteiger partial charge on any atom is -0.494 e. The third kappa shape index (κ3) is 9.04. The summed E-state index contributed by atoms with van der Waals surface area (Å²) in [7, 11) is 0. The van der Waals surface area contributed by atoms with Crippen molar-refractivity contribution < 1.29 is 33.3 Å². The molecule has 0 saturated carbocycles. The number of hydrogen-bond donors (Lipinski definition) is 0. The highest BCUT2D eigenvalue weighted by Gasteiger charge is 2.10. The number of hydrogen-bond acceptors (Lipinski definition) is 7. The van der Waals surface area contributed by atoms with Crippen molar-refractivity contribution in [1.82, 2.24) is 0 Å². The van der Waals surface area contributed by atoms with Crippen LogP contribution in [0.3, 0.4) is 0 Å². The van der Waals surface area contributed by atoms with Gasteiger partial charge in [0.2, 0.25) is 0 Å². The number of benzene rings is 2. The number of esters is 3. The second-order valence-electron chi connectivity index (χ2n) is 6.89. The lowest BCUT2D eigenvalue weighted by molar-refractivity contribution is -0.138. The number of carbonyl (C=O) groups excluding carboxylic acids is 3. The molecular formula is C25H28O7. The van der Waals surface area contributed by atoms with Gasteiger partial charge in [-0.1, -0.05) is 13.5 Å². The maximum absolute atomic E-state index is 12.3. The van der Waals surface area contributed by atoms with E-state index in [2.05, 4.69) is 6.58 Å². The largest absolute Gasteiger partial charge is 0.494 e. The summed E-state index contributed by atoms with van der Waals surface area (Å²) >= 11 is 0. The molecule has 0 N–H and O–H groups in total. The van der Waals surface area contributed by atoms with E-state index in [4.69, 9.17) is 18.9 Å². The summed E-state index contributed by atoms with van der Waals surface area (Å²) in [6, 6.07) is 13.0. The molecule has 32 heavy (non-hydrogen) atoms. The van der Waals surface area contributed by atoms with Crippen LogP contribution in [-0.4, -0.2) is 31.1 Å². The first-order valence-electron chi connectivity index (χ1n) is 10.6. The van der Waals surface area contributed by atoms with Crippen LogP contribution in [0.25, 0.3) is 0 Å². The molecule has 0 atom stereocenters. The molecule has 0 aliphatic heterocycles. The number of rotatable bonds is 13. The Bertz CT molecular complexity index is 886. The van der Waals surface area contributed by atoms with E-state index in [-0.39, 0.29) is 12.4 Å². The van der Waals surface area contributed by atoms with Crippen molar-refractivity contribution in [2.75, 3.05) is 13.2 Å². The van der Waals surface area contributed by atoms with Gasteiger partial charge in [0.15, 0.2) is 0 Å². The Morgan fingerprint density at radius 2 is 1.44 bits per heavy atom. The van der Waals surface area contributed by atoms with Gasteiger partial charge in [-0.25, -0.2) is 9.59 Å². The lowest BCUT2D eigenvalue weighted by atomic mass is 10.2. The number of carbonyl (C=O) groups is 3. The van der Waals surface area contributed by atoms with Crippen molar-refractivity contribution in [3.63, 3.8) is 0 Å². The summed E-state index contributed by atoms with van der Waals surface area (Å²) in [6.07, 6.45) is 4.31. The Morgan fingerprint density at radius 3 is 2.06 bits per heavy atom. The smallest absolute Gasteiger partial charge is 0.343 e. The van der Waals surface area contributed by atoms with E-state index in [0.29, 0.717) is 48.9 Å². The van der Waals surface area contributed by atoms with Crippen molar-refractivity contribution in [1.29, 1.82) is 0 Å². The van der Waals surface area contributed by atoms with Crippen molar-refractivity contribution in [2.24, 2.45) is 0 Å². The summed E-state index contributed by atoms with van der Waals surface area (Å²) in [5, 5.41) is 0. The summed E-state index contributed by atoms with van der Waals surface area (Å²) in [4.78, 5) is 35.1. The molecular weight excluding hydrogens is 412 g/mol. The quantitative estimate of drug-likeness (QED) is 0.190. The van der Waals surface area contributed by atoms with E-state index >= 15 is 0 Å². The molecule has 7 heteroatoms. The molecule has 7 nitrogen and oxygen atoms in total. The van der Waals surface area contributed by atoms with Crippen LogP contribution in [0, 0.1) is 0 Å². The molecule has 0 aliphatic rings. The van der Waals surface area contributed by atoms with Gasteiger partial charge < -0.3 is 18.9 Å². The molecule has 0 aliphatic carbocycles. The van der Waals surface area contributed by atoms with Crippen LogP contribution in [-0.2, 0) is 14.3 Å². The first kappa shape index (κ1) is 24.7. The highest BCUT2D eigenvalue weighted by Crippen LogP contribution is 2.20. The molecule has 0 radical (unpaired) electrons. The van der Waals surface area contributed by atoms with E-state index in [1.54, 1.807) is 48.5 Å². The molecule has 0 unspecified atom stereocenters. The Hall–Kier alpha value is -3.61. The zero-order valence-corrected chi connectivity index (χ0v) is 18.2. The van der Waals surface area contributed by atoms with Gasteiger partial charge >= 0.3 is 17.9 Å². The molecule has 0 amide bonds. The number of unbranched alkanes of at least 4 members (excludes halogenated alkanes) is 2. The van der Waals surface area contributed by atoms with Crippen LogP contribution < -0.4 is 14.2 Å². The Morgan fingerprint density at radius 1 is 0.812 bits per heavy atom. The number of ether oxygens (including phenoxy) is 4. The SMILES string of the molecule is C=CC(=O)OCCCCCC(=O)Oc1ccc(OC(=O)c2ccc(OCCC)cc2)cc1. The monoisotopic (exact) mass is 440 g/mol. The van der Waals surface area contributed by atoms with E-state index < -0.39 is 11.9 Å². The van der Waals surface area contributed by atoms with Gasteiger partial charge in [0.1, 0.15) is 17.2 Å². The van der Waals surface area contributed by atoms with Crippen LogP contribution >= 0.6 is 0 Å². The highest BCUT2D eigenvalue weighted by molar-refractivity contribution is 5.91. The lowest BCUT2D eigenvalue weighted by Gasteiger charge is -2.08. The third-order valence-electron chi connectivity index (χ3n) is 4.27. The van der Waals surface area contributed by atoms with E-state index in [1.807, 2.05) is 6.92 Å². The fourth-order valence-electron chi connectivity index (χ4n) is 2.61. The molecule has 2 aromatic carbocycles. The minimum atomic E-state index is -0.490.